The fraction of sp³-hybridized carbons (Fsp3) is 0.400. The number of carbonyl (C=O) groups excluding carboxylic acids is 2. The van der Waals surface area contributed by atoms with Gasteiger partial charge in [0.15, 0.2) is 5.82 Å². The molecule has 246 valence electrons. The minimum Gasteiger partial charge on any atom is -0.356 e. The molecule has 5 heterocycles. The molecule has 0 bridgehead atoms. The van der Waals surface area contributed by atoms with Crippen molar-refractivity contribution >= 4 is 29.5 Å². The van der Waals surface area contributed by atoms with Gasteiger partial charge in [0.25, 0.3) is 0 Å². The van der Waals surface area contributed by atoms with Crippen LogP contribution in [0.1, 0.15) is 49.7 Å². The number of aryl methyl sites for hydroxylation is 1. The van der Waals surface area contributed by atoms with Crippen molar-refractivity contribution in [1.82, 2.24) is 35.4 Å². The highest BCUT2D eigenvalue weighted by atomic mass is 16.2. The average molecular weight is 646 g/mol. The first kappa shape index (κ1) is 31.1. The van der Waals surface area contributed by atoms with Crippen LogP contribution in [0.15, 0.2) is 67.3 Å². The smallest absolute Gasteiger partial charge is 0.323 e. The Morgan fingerprint density at radius 1 is 1.06 bits per heavy atom. The Morgan fingerprint density at radius 3 is 2.58 bits per heavy atom. The fourth-order valence-electron chi connectivity index (χ4n) is 7.17. The molecule has 2 aliphatic heterocycles. The molecule has 1 aliphatic carbocycles. The Hall–Kier alpha value is -5.51. The quantitative estimate of drug-likeness (QED) is 0.258. The van der Waals surface area contributed by atoms with Gasteiger partial charge >= 0.3 is 6.03 Å². The van der Waals surface area contributed by atoms with Crippen molar-refractivity contribution in [2.24, 2.45) is 12.5 Å². The molecule has 13 heteroatoms. The van der Waals surface area contributed by atoms with E-state index in [4.69, 9.17) is 9.97 Å². The van der Waals surface area contributed by atoms with E-state index in [1.807, 2.05) is 60.6 Å². The average Bonchev–Trinajstić information content (AvgIpc) is 3.85. The van der Waals surface area contributed by atoms with Gasteiger partial charge in [-0.05, 0) is 56.2 Å². The predicted molar refractivity (Wildman–Crippen MR) is 181 cm³/mol. The maximum atomic E-state index is 13.8. The number of hydrogen-bond donors (Lipinski definition) is 3. The lowest BCUT2D eigenvalue weighted by Crippen LogP contribution is -2.49. The van der Waals surface area contributed by atoms with Gasteiger partial charge in [-0.15, -0.1) is 0 Å². The lowest BCUT2D eigenvalue weighted by Gasteiger charge is -2.36. The van der Waals surface area contributed by atoms with Crippen LogP contribution in [0.4, 0.5) is 22.4 Å². The molecule has 7 rings (SSSR count). The number of nitrogens with zero attached hydrogens (tertiary/aromatic N) is 8. The van der Waals surface area contributed by atoms with Crippen LogP contribution in [0, 0.1) is 16.7 Å². The zero-order valence-corrected chi connectivity index (χ0v) is 27.0. The minimum atomic E-state index is -0.406. The first-order chi connectivity index (χ1) is 23.4. The number of nitriles is 1. The molecule has 3 aromatic heterocycles. The number of pyridine rings is 1. The van der Waals surface area contributed by atoms with Gasteiger partial charge < -0.3 is 20.9 Å². The van der Waals surface area contributed by atoms with Crippen LogP contribution in [0.25, 0.3) is 11.1 Å². The number of carbonyl (C=O) groups is 2. The number of aromatic nitrogens is 5. The Labute approximate surface area is 279 Å². The number of anilines is 3. The summed E-state index contributed by atoms with van der Waals surface area (Å²) in [6, 6.07) is 15.8. The monoisotopic (exact) mass is 645 g/mol. The molecule has 3 aliphatic rings. The number of rotatable bonds is 8. The molecule has 1 saturated carbocycles. The zero-order chi connectivity index (χ0) is 33.1. The topological polar surface area (TPSA) is 157 Å². The van der Waals surface area contributed by atoms with E-state index in [0.717, 1.165) is 55.2 Å². The summed E-state index contributed by atoms with van der Waals surface area (Å²) in [5, 5.41) is 23.6. The molecular weight excluding hydrogens is 606 g/mol. The molecule has 1 unspecified atom stereocenters. The van der Waals surface area contributed by atoms with Crippen molar-refractivity contribution in [3.05, 3.63) is 78.4 Å². The Morgan fingerprint density at radius 2 is 1.90 bits per heavy atom. The van der Waals surface area contributed by atoms with E-state index < -0.39 is 5.41 Å². The summed E-state index contributed by atoms with van der Waals surface area (Å²) in [6.45, 7) is 2.33. The van der Waals surface area contributed by atoms with E-state index in [1.54, 1.807) is 28.2 Å². The van der Waals surface area contributed by atoms with Gasteiger partial charge in [0.05, 0.1) is 17.8 Å². The van der Waals surface area contributed by atoms with Crippen LogP contribution in [-0.4, -0.2) is 68.4 Å². The van der Waals surface area contributed by atoms with Crippen LogP contribution in [0.5, 0.6) is 0 Å². The van der Waals surface area contributed by atoms with Crippen molar-refractivity contribution in [2.75, 3.05) is 34.8 Å². The number of benzene rings is 1. The SMILES string of the molecule is Cn1cc(-c2ccc(N(C(=O)NCc3ccccc3)[C@H]3CC[C@H](Nc4ncc(C#N)c(N5CCC6(CCNC6=O)C5)n4)CC3)nc2)cn1. The number of urea groups is 1. The summed E-state index contributed by atoms with van der Waals surface area (Å²) < 4.78 is 1.75. The van der Waals surface area contributed by atoms with Gasteiger partial charge in [0, 0.05) is 68.8 Å². The van der Waals surface area contributed by atoms with E-state index in [2.05, 4.69) is 32.1 Å². The lowest BCUT2D eigenvalue weighted by molar-refractivity contribution is -0.126. The molecule has 2 saturated heterocycles. The molecule has 0 radical (unpaired) electrons. The Balaban J connectivity index is 1.04. The lowest BCUT2D eigenvalue weighted by atomic mass is 9.86. The van der Waals surface area contributed by atoms with Crippen molar-refractivity contribution in [3.8, 4) is 17.2 Å². The molecule has 13 nitrogen and oxygen atoms in total. The summed E-state index contributed by atoms with van der Waals surface area (Å²) >= 11 is 0. The Kier molecular flexibility index (Phi) is 8.63. The third-order valence-corrected chi connectivity index (χ3v) is 9.85. The highest BCUT2D eigenvalue weighted by Gasteiger charge is 2.48. The predicted octanol–water partition coefficient (Wildman–Crippen LogP) is 4.00. The van der Waals surface area contributed by atoms with Crippen molar-refractivity contribution in [3.63, 3.8) is 0 Å². The Bertz CT molecular complexity index is 1810. The van der Waals surface area contributed by atoms with E-state index >= 15 is 0 Å². The van der Waals surface area contributed by atoms with Gasteiger partial charge in [-0.2, -0.15) is 15.3 Å². The molecule has 3 N–H and O–H groups in total. The third kappa shape index (κ3) is 6.38. The maximum absolute atomic E-state index is 13.8. The van der Waals surface area contributed by atoms with E-state index in [1.165, 1.54) is 0 Å². The first-order valence-corrected chi connectivity index (χ1v) is 16.5. The van der Waals surface area contributed by atoms with Crippen LogP contribution in [0.2, 0.25) is 0 Å². The second kappa shape index (κ2) is 13.3. The number of hydrogen-bond acceptors (Lipinski definition) is 9. The van der Waals surface area contributed by atoms with Gasteiger partial charge in [-0.25, -0.2) is 14.8 Å². The van der Waals surface area contributed by atoms with Gasteiger partial charge in [0.1, 0.15) is 17.5 Å². The second-order valence-electron chi connectivity index (χ2n) is 13.0. The van der Waals surface area contributed by atoms with Crippen LogP contribution in [0.3, 0.4) is 0 Å². The molecule has 3 amide bonds. The largest absolute Gasteiger partial charge is 0.356 e. The third-order valence-electron chi connectivity index (χ3n) is 9.85. The molecule has 1 spiro atoms. The summed E-state index contributed by atoms with van der Waals surface area (Å²) in [5.41, 5.74) is 2.91. The molecule has 3 fully saturated rings. The van der Waals surface area contributed by atoms with Crippen molar-refractivity contribution in [1.29, 1.82) is 5.26 Å². The normalized spacial score (nSPS) is 21.9. The van der Waals surface area contributed by atoms with Gasteiger partial charge in [-0.3, -0.25) is 14.4 Å². The summed E-state index contributed by atoms with van der Waals surface area (Å²) in [7, 11) is 1.88. The summed E-state index contributed by atoms with van der Waals surface area (Å²) in [5.74, 6) is 1.73. The van der Waals surface area contributed by atoms with E-state index in [-0.39, 0.29) is 24.0 Å². The first-order valence-electron chi connectivity index (χ1n) is 16.5. The highest BCUT2D eigenvalue weighted by molar-refractivity contribution is 5.92. The van der Waals surface area contributed by atoms with Gasteiger partial charge in [-0.1, -0.05) is 30.3 Å². The molecular formula is C35H39N11O2. The fourth-order valence-corrected chi connectivity index (χ4v) is 7.17. The van der Waals surface area contributed by atoms with Crippen LogP contribution < -0.4 is 25.8 Å². The molecule has 1 aromatic carbocycles. The summed E-state index contributed by atoms with van der Waals surface area (Å²) in [4.78, 5) is 44.1. The second-order valence-corrected chi connectivity index (χ2v) is 13.0. The summed E-state index contributed by atoms with van der Waals surface area (Å²) in [6.07, 6.45) is 11.8. The van der Waals surface area contributed by atoms with E-state index in [0.29, 0.717) is 49.3 Å². The minimum absolute atomic E-state index is 0.0497. The number of amides is 3. The van der Waals surface area contributed by atoms with Crippen LogP contribution >= 0.6 is 0 Å². The molecule has 1 atom stereocenters. The van der Waals surface area contributed by atoms with Crippen molar-refractivity contribution < 1.29 is 9.59 Å². The van der Waals surface area contributed by atoms with Crippen LogP contribution in [-0.2, 0) is 18.4 Å². The molecule has 4 aromatic rings. The van der Waals surface area contributed by atoms with Gasteiger partial charge in [0.2, 0.25) is 11.9 Å². The highest BCUT2D eigenvalue weighted by Crippen LogP contribution is 2.39. The van der Waals surface area contributed by atoms with Crippen molar-refractivity contribution in [2.45, 2.75) is 57.2 Å². The maximum Gasteiger partial charge on any atom is 0.323 e. The standard InChI is InChI=1S/C35H39N11O2/c1-44-22-27(21-41-44)25-7-12-30(38-19-25)46(34(48)40-18-24-5-3-2-4-6-24)29-10-8-28(9-11-29)42-33-39-20-26(17-36)31(43-33)45-16-14-35(23-45)13-15-37-32(35)47/h2-7,12,19-22,28-29H,8-11,13-16,18,23H2,1H3,(H,37,47)(H,40,48)(H,39,42,43)/t28-,29-,35?. The molecule has 48 heavy (non-hydrogen) atoms. The number of nitrogens with one attached hydrogen (secondary N) is 3. The zero-order valence-electron chi connectivity index (χ0n) is 27.0. The van der Waals surface area contributed by atoms with E-state index in [9.17, 15) is 14.9 Å².